The van der Waals surface area contributed by atoms with Crippen LogP contribution in [0.25, 0.3) is 0 Å². The minimum atomic E-state index is -4.29. The Morgan fingerprint density at radius 3 is 2.53 bits per heavy atom. The molecule has 0 spiro atoms. The van der Waals surface area contributed by atoms with Crippen LogP contribution in [-0.4, -0.2) is 25.0 Å². The fourth-order valence-electron chi connectivity index (χ4n) is 1.37. The Balaban J connectivity index is 2.32. The first kappa shape index (κ1) is 12.4. The van der Waals surface area contributed by atoms with E-state index in [2.05, 4.69) is 4.74 Å². The Morgan fingerprint density at radius 1 is 1.47 bits per heavy atom. The Kier molecular flexibility index (Phi) is 4.02. The van der Waals surface area contributed by atoms with Gasteiger partial charge in [-0.1, -0.05) is 13.0 Å². The first-order chi connectivity index (χ1) is 7.02. The van der Waals surface area contributed by atoms with Crippen LogP contribution in [0.1, 0.15) is 26.2 Å². The maximum Gasteiger partial charge on any atom is 0.417 e. The normalized spacial score (nSPS) is 26.7. The molecule has 1 aliphatic rings. The zero-order chi connectivity index (χ0) is 11.4. The molecule has 1 rings (SSSR count). The molecule has 0 N–H and O–H groups in total. The molecule has 5 heteroatoms. The van der Waals surface area contributed by atoms with Gasteiger partial charge in [-0.25, -0.2) is 0 Å². The summed E-state index contributed by atoms with van der Waals surface area (Å²) in [5, 5.41) is 0. The van der Waals surface area contributed by atoms with Crippen LogP contribution in [0.4, 0.5) is 13.2 Å². The molecule has 0 aromatic heterocycles. The second-order valence-electron chi connectivity index (χ2n) is 3.49. The van der Waals surface area contributed by atoms with Crippen LogP contribution in [0, 0.1) is 0 Å². The molecule has 0 aromatic rings. The largest absolute Gasteiger partial charge is 0.501 e. The van der Waals surface area contributed by atoms with Gasteiger partial charge in [0.15, 0.2) is 5.60 Å². The second-order valence-corrected chi connectivity index (χ2v) is 3.49. The van der Waals surface area contributed by atoms with E-state index in [1.165, 1.54) is 6.26 Å². The number of rotatable bonds is 5. The van der Waals surface area contributed by atoms with Gasteiger partial charge in [0, 0.05) is 12.8 Å². The third kappa shape index (κ3) is 2.87. The highest BCUT2D eigenvalue weighted by Gasteiger charge is 2.59. The highest BCUT2D eigenvalue weighted by Crippen LogP contribution is 2.44. The van der Waals surface area contributed by atoms with E-state index < -0.39 is 11.8 Å². The molecule has 1 saturated heterocycles. The molecule has 1 heterocycles. The van der Waals surface area contributed by atoms with Gasteiger partial charge in [0.05, 0.1) is 19.5 Å². The number of halogens is 3. The van der Waals surface area contributed by atoms with Crippen molar-refractivity contribution in [2.45, 2.75) is 38.0 Å². The lowest BCUT2D eigenvalue weighted by atomic mass is 9.90. The van der Waals surface area contributed by atoms with Gasteiger partial charge < -0.3 is 9.47 Å². The van der Waals surface area contributed by atoms with Gasteiger partial charge in [-0.15, -0.1) is 0 Å². The van der Waals surface area contributed by atoms with Crippen LogP contribution in [0.3, 0.4) is 0 Å². The van der Waals surface area contributed by atoms with Crippen molar-refractivity contribution in [3.63, 3.8) is 0 Å². The third-order valence-electron chi connectivity index (χ3n) is 2.45. The number of hydrogen-bond donors (Lipinski definition) is 0. The molecular formula is C10H15F3O2. The monoisotopic (exact) mass is 224 g/mol. The van der Waals surface area contributed by atoms with E-state index in [9.17, 15) is 13.2 Å². The molecule has 1 aliphatic heterocycles. The second kappa shape index (κ2) is 4.88. The zero-order valence-electron chi connectivity index (χ0n) is 8.64. The van der Waals surface area contributed by atoms with E-state index in [0.717, 1.165) is 6.42 Å². The quantitative estimate of drug-likeness (QED) is 0.528. The van der Waals surface area contributed by atoms with Gasteiger partial charge in [-0.05, 0) is 6.42 Å². The van der Waals surface area contributed by atoms with Gasteiger partial charge in [0.2, 0.25) is 0 Å². The molecule has 0 aromatic carbocycles. The van der Waals surface area contributed by atoms with E-state index >= 15 is 0 Å². The highest BCUT2D eigenvalue weighted by atomic mass is 19.4. The van der Waals surface area contributed by atoms with E-state index in [4.69, 9.17) is 4.74 Å². The van der Waals surface area contributed by atoms with Crippen LogP contribution < -0.4 is 0 Å². The van der Waals surface area contributed by atoms with Crippen LogP contribution in [0.5, 0.6) is 0 Å². The summed E-state index contributed by atoms with van der Waals surface area (Å²) >= 11 is 0. The van der Waals surface area contributed by atoms with Crippen molar-refractivity contribution in [2.75, 3.05) is 13.2 Å². The number of alkyl halides is 3. The van der Waals surface area contributed by atoms with Crippen molar-refractivity contribution < 1.29 is 22.6 Å². The predicted molar refractivity (Wildman–Crippen MR) is 49.4 cm³/mol. The molecule has 1 unspecified atom stereocenters. The number of allylic oxidation sites excluding steroid dienone is 1. The van der Waals surface area contributed by atoms with Crippen molar-refractivity contribution in [2.24, 2.45) is 0 Å². The van der Waals surface area contributed by atoms with Crippen LogP contribution >= 0.6 is 0 Å². The van der Waals surface area contributed by atoms with Crippen LogP contribution in [0.15, 0.2) is 12.3 Å². The Hall–Kier alpha value is -0.710. The molecule has 2 nitrogen and oxygen atoms in total. The molecule has 15 heavy (non-hydrogen) atoms. The summed E-state index contributed by atoms with van der Waals surface area (Å²) in [5.74, 6) is 0. The van der Waals surface area contributed by atoms with E-state index in [0.29, 0.717) is 0 Å². The third-order valence-corrected chi connectivity index (χ3v) is 2.45. The topological polar surface area (TPSA) is 18.5 Å². The van der Waals surface area contributed by atoms with E-state index in [-0.39, 0.29) is 26.1 Å². The standard InChI is InChI=1S/C10H15F3O2/c1-2-3-6-14-7-4-9(5-8-15-9)10(11,12)13/h3,6H,2,4-5,7-8H2,1H3. The lowest BCUT2D eigenvalue weighted by molar-refractivity contribution is -0.329. The van der Waals surface area contributed by atoms with Crippen molar-refractivity contribution in [1.82, 2.24) is 0 Å². The van der Waals surface area contributed by atoms with E-state index in [1.54, 1.807) is 6.08 Å². The maximum absolute atomic E-state index is 12.5. The minimum Gasteiger partial charge on any atom is -0.501 e. The summed E-state index contributed by atoms with van der Waals surface area (Å²) in [4.78, 5) is 0. The summed E-state index contributed by atoms with van der Waals surface area (Å²) in [7, 11) is 0. The lowest BCUT2D eigenvalue weighted by Crippen LogP contribution is -2.56. The molecule has 88 valence electrons. The fraction of sp³-hybridized carbons (Fsp3) is 0.800. The number of ether oxygens (including phenoxy) is 2. The summed E-state index contributed by atoms with van der Waals surface area (Å²) in [6.07, 6.45) is -0.392. The van der Waals surface area contributed by atoms with Crippen molar-refractivity contribution in [3.8, 4) is 0 Å². The smallest absolute Gasteiger partial charge is 0.417 e. The van der Waals surface area contributed by atoms with Crippen molar-refractivity contribution >= 4 is 0 Å². The fourth-order valence-corrected chi connectivity index (χ4v) is 1.37. The molecule has 0 saturated carbocycles. The Labute approximate surface area is 87.1 Å². The van der Waals surface area contributed by atoms with Gasteiger partial charge in [0.1, 0.15) is 0 Å². The molecule has 1 atom stereocenters. The molecule has 0 amide bonds. The van der Waals surface area contributed by atoms with Gasteiger partial charge >= 0.3 is 6.18 Å². The SMILES string of the molecule is CCC=COCCC1(C(F)(F)F)CCO1. The average molecular weight is 224 g/mol. The highest BCUT2D eigenvalue weighted by molar-refractivity contribution is 4.94. The van der Waals surface area contributed by atoms with Crippen LogP contribution in [-0.2, 0) is 9.47 Å². The Morgan fingerprint density at radius 2 is 2.13 bits per heavy atom. The molecule has 0 aliphatic carbocycles. The molecule has 1 fully saturated rings. The molecule has 0 radical (unpaired) electrons. The maximum atomic E-state index is 12.5. The van der Waals surface area contributed by atoms with Gasteiger partial charge in [0.25, 0.3) is 0 Å². The first-order valence-electron chi connectivity index (χ1n) is 4.99. The predicted octanol–water partition coefficient (Wildman–Crippen LogP) is 3.04. The average Bonchev–Trinajstić information content (AvgIpc) is 2.05. The summed E-state index contributed by atoms with van der Waals surface area (Å²) in [6.45, 7) is 2.15. The Bertz CT molecular complexity index is 219. The van der Waals surface area contributed by atoms with Crippen LogP contribution in [0.2, 0.25) is 0 Å². The first-order valence-corrected chi connectivity index (χ1v) is 4.99. The van der Waals surface area contributed by atoms with Gasteiger partial charge in [-0.2, -0.15) is 13.2 Å². The zero-order valence-corrected chi connectivity index (χ0v) is 8.64. The molecule has 0 bridgehead atoms. The number of hydrogen-bond acceptors (Lipinski definition) is 2. The minimum absolute atomic E-state index is 0.0377. The summed E-state index contributed by atoms with van der Waals surface area (Å²) in [5.41, 5.74) is -1.95. The van der Waals surface area contributed by atoms with Crippen molar-refractivity contribution in [3.05, 3.63) is 12.3 Å². The molecular weight excluding hydrogens is 209 g/mol. The van der Waals surface area contributed by atoms with Gasteiger partial charge in [-0.3, -0.25) is 0 Å². The summed E-state index contributed by atoms with van der Waals surface area (Å²) in [6, 6.07) is 0. The lowest BCUT2D eigenvalue weighted by Gasteiger charge is -2.42. The van der Waals surface area contributed by atoms with E-state index in [1.807, 2.05) is 6.92 Å². The van der Waals surface area contributed by atoms with Crippen molar-refractivity contribution in [1.29, 1.82) is 0 Å². The summed E-state index contributed by atoms with van der Waals surface area (Å²) < 4.78 is 47.2.